The Kier molecular flexibility index (Phi) is 10.7. The molecule has 2 heterocycles. The monoisotopic (exact) mass is 541 g/mol. The average molecular weight is 541 g/mol. The SMILES string of the molecule is CCN(CC)Cc1ccc(CNC(=NC)NC2CCc3nc(COC)nn3C2)cc1.I. The zero-order valence-electron chi connectivity index (χ0n) is 19.1. The number of benzene rings is 1. The molecule has 172 valence electrons. The minimum atomic E-state index is 0. The number of hydrogen-bond donors (Lipinski definition) is 2. The number of aromatic nitrogens is 3. The zero-order chi connectivity index (χ0) is 21.3. The number of halogens is 1. The molecule has 8 nitrogen and oxygen atoms in total. The van der Waals surface area contributed by atoms with E-state index >= 15 is 0 Å². The second-order valence-electron chi connectivity index (χ2n) is 7.64. The normalized spacial score (nSPS) is 16.0. The topological polar surface area (TPSA) is 79.6 Å². The Bertz CT molecular complexity index is 818. The number of ether oxygens (including phenoxy) is 1. The van der Waals surface area contributed by atoms with Crippen LogP contribution in [0.25, 0.3) is 0 Å². The summed E-state index contributed by atoms with van der Waals surface area (Å²) >= 11 is 0. The molecule has 1 unspecified atom stereocenters. The van der Waals surface area contributed by atoms with Gasteiger partial charge in [-0.05, 0) is 30.6 Å². The van der Waals surface area contributed by atoms with Gasteiger partial charge in [-0.3, -0.25) is 9.89 Å². The smallest absolute Gasteiger partial charge is 0.191 e. The molecule has 0 saturated heterocycles. The fraction of sp³-hybridized carbons (Fsp3) is 0.591. The molecule has 0 fully saturated rings. The second-order valence-corrected chi connectivity index (χ2v) is 7.64. The summed E-state index contributed by atoms with van der Waals surface area (Å²) in [6.07, 6.45) is 1.91. The molecule has 31 heavy (non-hydrogen) atoms. The molecule has 1 aliphatic heterocycles. The van der Waals surface area contributed by atoms with E-state index in [1.807, 2.05) is 11.7 Å². The summed E-state index contributed by atoms with van der Waals surface area (Å²) in [7, 11) is 3.47. The molecule has 0 aliphatic carbocycles. The Labute approximate surface area is 202 Å². The number of nitrogens with one attached hydrogen (secondary N) is 2. The van der Waals surface area contributed by atoms with Crippen LogP contribution in [0.4, 0.5) is 0 Å². The molecule has 2 aromatic rings. The van der Waals surface area contributed by atoms with E-state index in [-0.39, 0.29) is 30.0 Å². The van der Waals surface area contributed by atoms with Gasteiger partial charge in [0.25, 0.3) is 0 Å². The molecule has 1 aromatic carbocycles. The zero-order valence-corrected chi connectivity index (χ0v) is 21.4. The number of fused-ring (bicyclic) bond motifs is 1. The van der Waals surface area contributed by atoms with E-state index in [0.717, 1.165) is 63.2 Å². The van der Waals surface area contributed by atoms with Crippen LogP contribution in [0.5, 0.6) is 0 Å². The van der Waals surface area contributed by atoms with E-state index in [1.165, 1.54) is 11.1 Å². The molecule has 3 rings (SSSR count). The predicted octanol–water partition coefficient (Wildman–Crippen LogP) is 2.56. The first-order chi connectivity index (χ1) is 14.6. The molecule has 0 amide bonds. The van der Waals surface area contributed by atoms with Gasteiger partial charge in [0.05, 0.1) is 6.54 Å². The summed E-state index contributed by atoms with van der Waals surface area (Å²) in [6.45, 7) is 9.54. The maximum atomic E-state index is 5.14. The van der Waals surface area contributed by atoms with Crippen LogP contribution in [0.3, 0.4) is 0 Å². The highest BCUT2D eigenvalue weighted by atomic mass is 127. The number of methoxy groups -OCH3 is 1. The summed E-state index contributed by atoms with van der Waals surface area (Å²) in [5, 5.41) is 11.5. The third-order valence-electron chi connectivity index (χ3n) is 5.52. The Balaban J connectivity index is 0.00000341. The summed E-state index contributed by atoms with van der Waals surface area (Å²) in [4.78, 5) is 11.3. The van der Waals surface area contributed by atoms with Crippen LogP contribution >= 0.6 is 24.0 Å². The molecule has 1 aliphatic rings. The molecule has 2 N–H and O–H groups in total. The fourth-order valence-electron chi connectivity index (χ4n) is 3.71. The molecule has 9 heteroatoms. The Morgan fingerprint density at radius 3 is 2.58 bits per heavy atom. The molecular formula is C22H36IN7O. The third-order valence-corrected chi connectivity index (χ3v) is 5.52. The number of rotatable bonds is 9. The van der Waals surface area contributed by atoms with Crippen molar-refractivity contribution in [1.82, 2.24) is 30.3 Å². The van der Waals surface area contributed by atoms with Gasteiger partial charge in [0.2, 0.25) is 0 Å². The summed E-state index contributed by atoms with van der Waals surface area (Å²) in [5.74, 6) is 2.60. The van der Waals surface area contributed by atoms with E-state index in [2.05, 4.69) is 68.7 Å². The minimum absolute atomic E-state index is 0. The van der Waals surface area contributed by atoms with Crippen LogP contribution < -0.4 is 10.6 Å². The van der Waals surface area contributed by atoms with E-state index in [1.54, 1.807) is 7.11 Å². The van der Waals surface area contributed by atoms with Crippen molar-refractivity contribution in [3.63, 3.8) is 0 Å². The van der Waals surface area contributed by atoms with Gasteiger partial charge in [-0.1, -0.05) is 38.1 Å². The molecule has 0 spiro atoms. The van der Waals surface area contributed by atoms with Gasteiger partial charge in [0, 0.05) is 39.7 Å². The lowest BCUT2D eigenvalue weighted by Gasteiger charge is -2.25. The largest absolute Gasteiger partial charge is 0.377 e. The molecule has 0 bridgehead atoms. The highest BCUT2D eigenvalue weighted by Crippen LogP contribution is 2.13. The molecular weight excluding hydrogens is 505 g/mol. The molecule has 1 atom stereocenters. The number of aliphatic imine (C=N–C) groups is 1. The van der Waals surface area contributed by atoms with Crippen molar-refractivity contribution >= 4 is 29.9 Å². The van der Waals surface area contributed by atoms with Gasteiger partial charge >= 0.3 is 0 Å². The standard InChI is InChI=1S/C22H35N7O.HI/c1-5-28(6-2)14-18-9-7-17(8-10-18)13-24-22(23-3)25-19-11-12-21-26-20(16-30-4)27-29(21)15-19;/h7-10,19H,5-6,11-16H2,1-4H3,(H2,23,24,25);1H. The van der Waals surface area contributed by atoms with Gasteiger partial charge < -0.3 is 15.4 Å². The van der Waals surface area contributed by atoms with E-state index in [0.29, 0.717) is 6.61 Å². The number of aryl methyl sites for hydroxylation is 1. The van der Waals surface area contributed by atoms with Crippen molar-refractivity contribution < 1.29 is 4.74 Å². The van der Waals surface area contributed by atoms with Crippen LogP contribution in [0.2, 0.25) is 0 Å². The van der Waals surface area contributed by atoms with E-state index in [4.69, 9.17) is 4.74 Å². The van der Waals surface area contributed by atoms with Crippen LogP contribution in [-0.4, -0.2) is 58.9 Å². The van der Waals surface area contributed by atoms with Crippen molar-refractivity contribution in [3.05, 3.63) is 47.0 Å². The quantitative estimate of drug-likeness (QED) is 0.289. The lowest BCUT2D eigenvalue weighted by Crippen LogP contribution is -2.46. The third kappa shape index (κ3) is 7.43. The predicted molar refractivity (Wildman–Crippen MR) is 135 cm³/mol. The van der Waals surface area contributed by atoms with E-state index < -0.39 is 0 Å². The fourth-order valence-corrected chi connectivity index (χ4v) is 3.71. The van der Waals surface area contributed by atoms with Gasteiger partial charge in [0.15, 0.2) is 11.8 Å². The maximum Gasteiger partial charge on any atom is 0.191 e. The number of nitrogens with zero attached hydrogens (tertiary/aromatic N) is 5. The van der Waals surface area contributed by atoms with Crippen LogP contribution in [0.1, 0.15) is 43.0 Å². The molecule has 1 aromatic heterocycles. The van der Waals surface area contributed by atoms with Crippen molar-refractivity contribution in [3.8, 4) is 0 Å². The lowest BCUT2D eigenvalue weighted by molar-refractivity contribution is 0.177. The Morgan fingerprint density at radius 1 is 1.23 bits per heavy atom. The van der Waals surface area contributed by atoms with Crippen molar-refractivity contribution in [2.24, 2.45) is 4.99 Å². The van der Waals surface area contributed by atoms with Gasteiger partial charge in [0.1, 0.15) is 12.4 Å². The first kappa shape index (κ1) is 25.5. The Hall–Kier alpha value is -1.72. The van der Waals surface area contributed by atoms with Crippen molar-refractivity contribution in [2.75, 3.05) is 27.2 Å². The first-order valence-electron chi connectivity index (χ1n) is 10.8. The van der Waals surface area contributed by atoms with Gasteiger partial charge in [-0.25, -0.2) is 9.67 Å². The van der Waals surface area contributed by atoms with Crippen LogP contribution in [0.15, 0.2) is 29.3 Å². The van der Waals surface area contributed by atoms with Gasteiger partial charge in [-0.15, -0.1) is 24.0 Å². The lowest BCUT2D eigenvalue weighted by atomic mass is 10.1. The van der Waals surface area contributed by atoms with Crippen LogP contribution in [-0.2, 0) is 37.4 Å². The van der Waals surface area contributed by atoms with E-state index in [9.17, 15) is 0 Å². The van der Waals surface area contributed by atoms with Crippen molar-refractivity contribution in [1.29, 1.82) is 0 Å². The average Bonchev–Trinajstić information content (AvgIpc) is 3.17. The summed E-state index contributed by atoms with van der Waals surface area (Å²) < 4.78 is 7.12. The van der Waals surface area contributed by atoms with Crippen LogP contribution in [0, 0.1) is 0 Å². The Morgan fingerprint density at radius 2 is 1.94 bits per heavy atom. The second kappa shape index (κ2) is 13.0. The summed E-state index contributed by atoms with van der Waals surface area (Å²) in [6, 6.07) is 9.10. The van der Waals surface area contributed by atoms with Gasteiger partial charge in [-0.2, -0.15) is 5.10 Å². The molecule has 0 saturated carbocycles. The number of guanidine groups is 1. The highest BCUT2D eigenvalue weighted by molar-refractivity contribution is 14.0. The molecule has 0 radical (unpaired) electrons. The number of hydrogen-bond acceptors (Lipinski definition) is 5. The highest BCUT2D eigenvalue weighted by Gasteiger charge is 2.22. The first-order valence-corrected chi connectivity index (χ1v) is 10.8. The maximum absolute atomic E-state index is 5.14. The summed E-state index contributed by atoms with van der Waals surface area (Å²) in [5.41, 5.74) is 2.59. The van der Waals surface area contributed by atoms with Crippen molar-refractivity contribution in [2.45, 2.75) is 59.0 Å². The minimum Gasteiger partial charge on any atom is -0.377 e.